The summed E-state index contributed by atoms with van der Waals surface area (Å²) in [7, 11) is 1.64. The Hall–Kier alpha value is -1.59. The topological polar surface area (TPSA) is 40.5 Å². The van der Waals surface area contributed by atoms with Crippen molar-refractivity contribution >= 4 is 28.5 Å². The van der Waals surface area contributed by atoms with Gasteiger partial charge in [-0.1, -0.05) is 11.6 Å². The average molecular weight is 328 g/mol. The van der Waals surface area contributed by atoms with Crippen LogP contribution in [-0.2, 0) is 16.0 Å². The van der Waals surface area contributed by atoms with Gasteiger partial charge in [-0.3, -0.25) is 0 Å². The fourth-order valence-corrected chi connectivity index (χ4v) is 2.77. The number of unbranched alkanes of at least 4 members (excludes halogenated alkanes) is 1. The van der Waals surface area contributed by atoms with Crippen molar-refractivity contribution in [3.05, 3.63) is 34.7 Å². The smallest absolute Gasteiger partial charge is 0.356 e. The van der Waals surface area contributed by atoms with Crippen LogP contribution in [0.5, 0.6) is 0 Å². The zero-order valence-electron chi connectivity index (χ0n) is 12.7. The van der Waals surface area contributed by atoms with E-state index in [-0.39, 0.29) is 18.1 Å². The highest BCUT2D eigenvalue weighted by Crippen LogP contribution is 2.32. The van der Waals surface area contributed by atoms with Gasteiger partial charge in [-0.15, -0.1) is 0 Å². The van der Waals surface area contributed by atoms with E-state index in [2.05, 4.69) is 0 Å². The first-order valence-electron chi connectivity index (χ1n) is 7.23. The molecule has 120 valence electrons. The molecule has 1 aromatic heterocycles. The van der Waals surface area contributed by atoms with Crippen molar-refractivity contribution in [3.63, 3.8) is 0 Å². The highest BCUT2D eigenvalue weighted by atomic mass is 35.5. The number of hydrogen-bond donors (Lipinski definition) is 0. The predicted molar refractivity (Wildman–Crippen MR) is 84.0 cm³/mol. The molecule has 0 bridgehead atoms. The van der Waals surface area contributed by atoms with Crippen LogP contribution in [0.3, 0.4) is 0 Å². The Morgan fingerprint density at radius 1 is 1.36 bits per heavy atom. The minimum absolute atomic E-state index is 0.259. The third kappa shape index (κ3) is 3.42. The molecule has 0 aliphatic rings. The van der Waals surface area contributed by atoms with Crippen LogP contribution in [0, 0.1) is 5.82 Å². The predicted octanol–water partition coefficient (Wildman–Crippen LogP) is 4.04. The molecule has 0 fully saturated rings. The van der Waals surface area contributed by atoms with Crippen LogP contribution in [-0.4, -0.2) is 30.9 Å². The Morgan fingerprint density at radius 2 is 2.14 bits per heavy atom. The first-order valence-corrected chi connectivity index (χ1v) is 7.61. The molecule has 0 spiro atoms. The number of ether oxygens (including phenoxy) is 2. The SMILES string of the molecule is CCOC(=O)c1c(Cl)c2ccc(F)cc2n1CCCCOC. The molecule has 0 amide bonds. The minimum Gasteiger partial charge on any atom is -0.461 e. The molecule has 0 radical (unpaired) electrons. The highest BCUT2D eigenvalue weighted by Gasteiger charge is 2.22. The molecule has 0 aliphatic heterocycles. The van der Waals surface area contributed by atoms with E-state index >= 15 is 0 Å². The Kier molecular flexibility index (Phi) is 5.80. The van der Waals surface area contributed by atoms with Crippen LogP contribution in [0.2, 0.25) is 5.02 Å². The molecular weight excluding hydrogens is 309 g/mol. The van der Waals surface area contributed by atoms with Crippen LogP contribution < -0.4 is 0 Å². The average Bonchev–Trinajstić information content (AvgIpc) is 2.76. The van der Waals surface area contributed by atoms with E-state index in [4.69, 9.17) is 21.1 Å². The molecule has 1 heterocycles. The number of halogens is 2. The zero-order valence-corrected chi connectivity index (χ0v) is 13.5. The summed E-state index contributed by atoms with van der Waals surface area (Å²) >= 11 is 6.32. The second-order valence-corrected chi connectivity index (χ2v) is 5.27. The molecule has 0 N–H and O–H groups in total. The number of aryl methyl sites for hydroxylation is 1. The maximum atomic E-state index is 13.6. The molecule has 0 saturated carbocycles. The molecule has 0 aliphatic carbocycles. The number of nitrogens with zero attached hydrogens (tertiary/aromatic N) is 1. The lowest BCUT2D eigenvalue weighted by atomic mass is 10.2. The van der Waals surface area contributed by atoms with Gasteiger partial charge in [-0.2, -0.15) is 0 Å². The normalized spacial score (nSPS) is 11.1. The minimum atomic E-state index is -0.490. The van der Waals surface area contributed by atoms with E-state index in [1.807, 2.05) is 0 Å². The molecule has 6 heteroatoms. The van der Waals surface area contributed by atoms with E-state index in [0.29, 0.717) is 29.1 Å². The quantitative estimate of drug-likeness (QED) is 0.569. The number of benzene rings is 1. The van der Waals surface area contributed by atoms with E-state index in [9.17, 15) is 9.18 Å². The summed E-state index contributed by atoms with van der Waals surface area (Å²) in [5.41, 5.74) is 0.881. The lowest BCUT2D eigenvalue weighted by molar-refractivity contribution is 0.0514. The van der Waals surface area contributed by atoms with Crippen molar-refractivity contribution in [2.75, 3.05) is 20.3 Å². The van der Waals surface area contributed by atoms with Crippen molar-refractivity contribution in [1.29, 1.82) is 0 Å². The Balaban J connectivity index is 2.45. The van der Waals surface area contributed by atoms with Crippen molar-refractivity contribution in [3.8, 4) is 0 Å². The summed E-state index contributed by atoms with van der Waals surface area (Å²) in [6, 6.07) is 4.31. The van der Waals surface area contributed by atoms with Gasteiger partial charge >= 0.3 is 5.97 Å². The molecule has 0 atom stereocenters. The molecular formula is C16H19ClFNO3. The largest absolute Gasteiger partial charge is 0.461 e. The molecule has 4 nitrogen and oxygen atoms in total. The Morgan fingerprint density at radius 3 is 2.82 bits per heavy atom. The number of rotatable bonds is 7. The molecule has 2 rings (SSSR count). The van der Waals surface area contributed by atoms with E-state index in [0.717, 1.165) is 12.8 Å². The van der Waals surface area contributed by atoms with Crippen molar-refractivity contribution in [2.24, 2.45) is 0 Å². The summed E-state index contributed by atoms with van der Waals surface area (Å²) < 4.78 is 25.4. The number of aromatic nitrogens is 1. The number of esters is 1. The van der Waals surface area contributed by atoms with Crippen molar-refractivity contribution in [1.82, 2.24) is 4.57 Å². The van der Waals surface area contributed by atoms with Gasteiger partial charge in [0.1, 0.15) is 11.5 Å². The summed E-state index contributed by atoms with van der Waals surface area (Å²) in [5.74, 6) is -0.855. The van der Waals surface area contributed by atoms with Gasteiger partial charge in [0.2, 0.25) is 0 Å². The lowest BCUT2D eigenvalue weighted by Crippen LogP contribution is -2.13. The fraction of sp³-hybridized carbons (Fsp3) is 0.438. The number of carbonyl (C=O) groups excluding carboxylic acids is 1. The first-order chi connectivity index (χ1) is 10.6. The standard InChI is InChI=1S/C16H19ClFNO3/c1-3-22-16(20)15-14(17)12-7-6-11(18)10-13(12)19(15)8-4-5-9-21-2/h6-7,10H,3-5,8-9H2,1-2H3. The van der Waals surface area contributed by atoms with Gasteiger partial charge in [0, 0.05) is 25.6 Å². The Bertz CT molecular complexity index is 669. The van der Waals surface area contributed by atoms with Crippen LogP contribution in [0.1, 0.15) is 30.3 Å². The highest BCUT2D eigenvalue weighted by molar-refractivity contribution is 6.38. The number of fused-ring (bicyclic) bond motifs is 1. The second-order valence-electron chi connectivity index (χ2n) is 4.90. The maximum absolute atomic E-state index is 13.6. The fourth-order valence-electron chi connectivity index (χ4n) is 2.43. The lowest BCUT2D eigenvalue weighted by Gasteiger charge is -2.10. The van der Waals surface area contributed by atoms with Crippen LogP contribution >= 0.6 is 11.6 Å². The number of carbonyl (C=O) groups is 1. The summed E-state index contributed by atoms with van der Waals surface area (Å²) in [4.78, 5) is 12.2. The molecule has 22 heavy (non-hydrogen) atoms. The van der Waals surface area contributed by atoms with Crippen LogP contribution in [0.25, 0.3) is 10.9 Å². The van der Waals surface area contributed by atoms with Crippen LogP contribution in [0.15, 0.2) is 18.2 Å². The van der Waals surface area contributed by atoms with Gasteiger partial charge in [-0.25, -0.2) is 9.18 Å². The summed E-state index contributed by atoms with van der Waals surface area (Å²) in [6.07, 6.45) is 1.63. The molecule has 0 saturated heterocycles. The maximum Gasteiger partial charge on any atom is 0.356 e. The zero-order chi connectivity index (χ0) is 16.1. The van der Waals surface area contributed by atoms with Gasteiger partial charge < -0.3 is 14.0 Å². The first kappa shape index (κ1) is 16.8. The van der Waals surface area contributed by atoms with Crippen LogP contribution in [0.4, 0.5) is 4.39 Å². The Labute approximate surface area is 133 Å². The third-order valence-electron chi connectivity index (χ3n) is 3.41. The summed E-state index contributed by atoms with van der Waals surface area (Å²) in [6.45, 7) is 3.17. The monoisotopic (exact) mass is 327 g/mol. The van der Waals surface area contributed by atoms with Gasteiger partial charge in [0.15, 0.2) is 0 Å². The van der Waals surface area contributed by atoms with Gasteiger partial charge in [0.25, 0.3) is 0 Å². The van der Waals surface area contributed by atoms with E-state index in [1.54, 1.807) is 24.7 Å². The second kappa shape index (κ2) is 7.61. The van der Waals surface area contributed by atoms with E-state index in [1.165, 1.54) is 12.1 Å². The van der Waals surface area contributed by atoms with E-state index < -0.39 is 5.97 Å². The van der Waals surface area contributed by atoms with Gasteiger partial charge in [0.05, 0.1) is 17.1 Å². The van der Waals surface area contributed by atoms with Crippen molar-refractivity contribution in [2.45, 2.75) is 26.3 Å². The third-order valence-corrected chi connectivity index (χ3v) is 3.80. The summed E-state index contributed by atoms with van der Waals surface area (Å²) in [5, 5.41) is 0.957. The number of methoxy groups -OCH3 is 1. The number of hydrogen-bond acceptors (Lipinski definition) is 3. The van der Waals surface area contributed by atoms with Gasteiger partial charge in [-0.05, 0) is 38.0 Å². The molecule has 1 aromatic carbocycles. The molecule has 0 unspecified atom stereocenters. The molecule has 2 aromatic rings. The van der Waals surface area contributed by atoms with Crippen molar-refractivity contribution < 1.29 is 18.7 Å².